The highest BCUT2D eigenvalue weighted by Crippen LogP contribution is 2.31. The van der Waals surface area contributed by atoms with Crippen LogP contribution in [-0.4, -0.2) is 21.1 Å². The van der Waals surface area contributed by atoms with Crippen molar-refractivity contribution in [2.45, 2.75) is 12.8 Å². The number of esters is 1. The predicted octanol–water partition coefficient (Wildman–Crippen LogP) is 5.30. The van der Waals surface area contributed by atoms with E-state index in [0.29, 0.717) is 5.01 Å². The molecular weight excluding hydrogens is 427 g/mol. The third-order valence-electron chi connectivity index (χ3n) is 3.69. The van der Waals surface area contributed by atoms with Crippen LogP contribution in [0.4, 0.5) is 13.2 Å². The van der Waals surface area contributed by atoms with E-state index >= 15 is 0 Å². The van der Waals surface area contributed by atoms with Crippen LogP contribution in [0.3, 0.4) is 0 Å². The lowest BCUT2D eigenvalue weighted by atomic mass is 10.1. The number of hydrogen-bond acceptors (Lipinski definition) is 8. The van der Waals surface area contributed by atoms with Gasteiger partial charge in [-0.2, -0.15) is 18.2 Å². The maximum atomic E-state index is 12.8. The number of ether oxygens (including phenoxy) is 1. The van der Waals surface area contributed by atoms with Gasteiger partial charge in [-0.25, -0.2) is 9.78 Å². The number of hydrogen-bond donors (Lipinski definition) is 0. The summed E-state index contributed by atoms with van der Waals surface area (Å²) in [4.78, 5) is 21.3. The summed E-state index contributed by atoms with van der Waals surface area (Å²) in [5, 5.41) is 7.84. The third-order valence-corrected chi connectivity index (χ3v) is 5.57. The Bertz CT molecular complexity index is 1140. The lowest BCUT2D eigenvalue weighted by Gasteiger charge is -2.06. The first-order valence-corrected chi connectivity index (χ1v) is 9.83. The number of aromatic nitrogens is 3. The molecule has 0 atom stereocenters. The van der Waals surface area contributed by atoms with Crippen LogP contribution in [0.5, 0.6) is 0 Å². The number of carbonyl (C=O) groups is 1. The average molecular weight is 437 g/mol. The topological polar surface area (TPSA) is 78.1 Å². The largest absolute Gasteiger partial charge is 0.451 e. The SMILES string of the molecule is O=C(OCc1nc(-c2cccc(C(F)(F)F)c2)no1)c1csc(-c2cccs2)n1. The van der Waals surface area contributed by atoms with Crippen LogP contribution in [0.25, 0.3) is 21.3 Å². The molecule has 0 radical (unpaired) electrons. The maximum Gasteiger partial charge on any atom is 0.416 e. The van der Waals surface area contributed by atoms with Crippen molar-refractivity contribution in [3.8, 4) is 21.3 Å². The van der Waals surface area contributed by atoms with E-state index < -0.39 is 17.7 Å². The van der Waals surface area contributed by atoms with Crippen molar-refractivity contribution in [3.05, 3.63) is 64.3 Å². The van der Waals surface area contributed by atoms with Crippen molar-refractivity contribution >= 4 is 28.6 Å². The summed E-state index contributed by atoms with van der Waals surface area (Å²) in [6.07, 6.45) is -4.48. The Kier molecular flexibility index (Phi) is 5.16. The predicted molar refractivity (Wildman–Crippen MR) is 99.3 cm³/mol. The fourth-order valence-corrected chi connectivity index (χ4v) is 3.95. The van der Waals surface area contributed by atoms with E-state index in [2.05, 4.69) is 15.1 Å². The minimum atomic E-state index is -4.48. The Labute approximate surface area is 169 Å². The average Bonchev–Trinajstić information content (AvgIpc) is 3.46. The van der Waals surface area contributed by atoms with Crippen molar-refractivity contribution in [2.75, 3.05) is 0 Å². The molecule has 0 spiro atoms. The van der Waals surface area contributed by atoms with Crippen molar-refractivity contribution in [2.24, 2.45) is 0 Å². The standard InChI is InChI=1S/C18H10F3N3O3S2/c19-18(20,21)11-4-1-3-10(7-11)15-23-14(27-24-15)8-26-17(25)12-9-29-16(22-12)13-5-2-6-28-13/h1-7,9H,8H2. The molecule has 11 heteroatoms. The number of thiophene rings is 1. The second-order valence-corrected chi connectivity index (χ2v) is 7.49. The van der Waals surface area contributed by atoms with E-state index in [1.165, 1.54) is 34.8 Å². The highest BCUT2D eigenvalue weighted by atomic mass is 32.1. The number of rotatable bonds is 5. The molecule has 0 aliphatic heterocycles. The van der Waals surface area contributed by atoms with Crippen LogP contribution in [0.1, 0.15) is 21.9 Å². The molecule has 6 nitrogen and oxygen atoms in total. The first kappa shape index (κ1) is 19.3. The Morgan fingerprint density at radius 1 is 1.14 bits per heavy atom. The van der Waals surface area contributed by atoms with E-state index in [4.69, 9.17) is 9.26 Å². The van der Waals surface area contributed by atoms with E-state index in [1.54, 1.807) is 5.38 Å². The van der Waals surface area contributed by atoms with Gasteiger partial charge in [-0.1, -0.05) is 23.4 Å². The van der Waals surface area contributed by atoms with Gasteiger partial charge in [0.1, 0.15) is 5.01 Å². The van der Waals surface area contributed by atoms with Gasteiger partial charge in [-0.15, -0.1) is 22.7 Å². The van der Waals surface area contributed by atoms with E-state index in [1.807, 2.05) is 17.5 Å². The Balaban J connectivity index is 1.42. The molecule has 29 heavy (non-hydrogen) atoms. The minimum Gasteiger partial charge on any atom is -0.451 e. The van der Waals surface area contributed by atoms with Gasteiger partial charge < -0.3 is 9.26 Å². The molecule has 0 amide bonds. The third kappa shape index (κ3) is 4.35. The zero-order chi connectivity index (χ0) is 20.4. The first-order valence-electron chi connectivity index (χ1n) is 8.07. The molecular formula is C18H10F3N3O3S2. The number of nitrogens with zero attached hydrogens (tertiary/aromatic N) is 3. The van der Waals surface area contributed by atoms with Gasteiger partial charge >= 0.3 is 12.1 Å². The van der Waals surface area contributed by atoms with Gasteiger partial charge in [-0.05, 0) is 23.6 Å². The normalized spacial score (nSPS) is 11.6. The number of carbonyl (C=O) groups excluding carboxylic acids is 1. The molecule has 0 unspecified atom stereocenters. The molecule has 0 saturated carbocycles. The fraction of sp³-hybridized carbons (Fsp3) is 0.111. The van der Waals surface area contributed by atoms with Crippen LogP contribution >= 0.6 is 22.7 Å². The van der Waals surface area contributed by atoms with Gasteiger partial charge in [0.25, 0.3) is 5.89 Å². The number of thiazole rings is 1. The molecule has 0 aliphatic rings. The summed E-state index contributed by atoms with van der Waals surface area (Å²) < 4.78 is 48.5. The lowest BCUT2D eigenvalue weighted by Crippen LogP contribution is -2.06. The fourth-order valence-electron chi connectivity index (χ4n) is 2.35. The van der Waals surface area contributed by atoms with Crippen molar-refractivity contribution in [1.82, 2.24) is 15.1 Å². The highest BCUT2D eigenvalue weighted by Gasteiger charge is 2.30. The Morgan fingerprint density at radius 2 is 2.00 bits per heavy atom. The molecule has 0 saturated heterocycles. The van der Waals surface area contributed by atoms with Crippen molar-refractivity contribution in [1.29, 1.82) is 0 Å². The second kappa shape index (κ2) is 7.76. The first-order chi connectivity index (χ1) is 13.9. The molecule has 1 aromatic carbocycles. The summed E-state index contributed by atoms with van der Waals surface area (Å²) in [5.74, 6) is -0.738. The molecule has 148 valence electrons. The molecule has 3 aromatic heterocycles. The molecule has 0 bridgehead atoms. The molecule has 3 heterocycles. The van der Waals surface area contributed by atoms with E-state index in [9.17, 15) is 18.0 Å². The number of benzene rings is 1. The zero-order valence-electron chi connectivity index (χ0n) is 14.3. The van der Waals surface area contributed by atoms with Crippen molar-refractivity contribution < 1.29 is 27.2 Å². The van der Waals surface area contributed by atoms with Crippen LogP contribution in [-0.2, 0) is 17.5 Å². The summed E-state index contributed by atoms with van der Waals surface area (Å²) >= 11 is 2.82. The van der Waals surface area contributed by atoms with Crippen LogP contribution in [0.2, 0.25) is 0 Å². The van der Waals surface area contributed by atoms with Gasteiger partial charge in [0, 0.05) is 10.9 Å². The van der Waals surface area contributed by atoms with Gasteiger partial charge in [-0.3, -0.25) is 0 Å². The molecule has 0 N–H and O–H groups in total. The van der Waals surface area contributed by atoms with Crippen LogP contribution < -0.4 is 0 Å². The number of halogens is 3. The van der Waals surface area contributed by atoms with E-state index in [0.717, 1.165) is 17.0 Å². The molecule has 4 aromatic rings. The number of alkyl halides is 3. The smallest absolute Gasteiger partial charge is 0.416 e. The van der Waals surface area contributed by atoms with E-state index in [-0.39, 0.29) is 29.6 Å². The molecule has 4 rings (SSSR count). The van der Waals surface area contributed by atoms with Gasteiger partial charge in [0.2, 0.25) is 5.82 Å². The van der Waals surface area contributed by atoms with Crippen LogP contribution in [0, 0.1) is 0 Å². The maximum absolute atomic E-state index is 12.8. The second-order valence-electron chi connectivity index (χ2n) is 5.68. The Morgan fingerprint density at radius 3 is 2.76 bits per heavy atom. The van der Waals surface area contributed by atoms with Gasteiger partial charge in [0.15, 0.2) is 12.3 Å². The quantitative estimate of drug-likeness (QED) is 0.395. The minimum absolute atomic E-state index is 0.0317. The zero-order valence-corrected chi connectivity index (χ0v) is 16.0. The van der Waals surface area contributed by atoms with Crippen molar-refractivity contribution in [3.63, 3.8) is 0 Å². The summed E-state index contributed by atoms with van der Waals surface area (Å²) in [7, 11) is 0. The summed E-state index contributed by atoms with van der Waals surface area (Å²) in [6.45, 7) is -0.323. The van der Waals surface area contributed by atoms with Crippen LogP contribution in [0.15, 0.2) is 51.7 Å². The Hall–Kier alpha value is -3.05. The summed E-state index contributed by atoms with van der Waals surface area (Å²) in [5.41, 5.74) is -0.532. The molecule has 0 aliphatic carbocycles. The monoisotopic (exact) mass is 437 g/mol. The lowest BCUT2D eigenvalue weighted by molar-refractivity contribution is -0.137. The molecule has 0 fully saturated rings. The van der Waals surface area contributed by atoms with Gasteiger partial charge in [0.05, 0.1) is 10.4 Å². The summed E-state index contributed by atoms with van der Waals surface area (Å²) in [6, 6.07) is 8.33. The highest BCUT2D eigenvalue weighted by molar-refractivity contribution is 7.20.